The van der Waals surface area contributed by atoms with Crippen LogP contribution in [0.2, 0.25) is 0 Å². The van der Waals surface area contributed by atoms with Gasteiger partial charge in [-0.15, -0.1) is 0 Å². The first-order valence-electron chi connectivity index (χ1n) is 5.26. The zero-order valence-electron chi connectivity index (χ0n) is 10.5. The molecule has 0 saturated heterocycles. The van der Waals surface area contributed by atoms with Crippen molar-refractivity contribution in [3.8, 4) is 5.75 Å². The molecule has 124 valence electrons. The van der Waals surface area contributed by atoms with Gasteiger partial charge in [0.2, 0.25) is 0 Å². The molecule has 0 aromatic heterocycles. The second kappa shape index (κ2) is 5.12. The molecule has 0 heterocycles. The van der Waals surface area contributed by atoms with Crippen LogP contribution >= 0.6 is 10.2 Å². The van der Waals surface area contributed by atoms with Crippen molar-refractivity contribution in [2.45, 2.75) is 0 Å². The SMILES string of the molecule is O=C(OC/C=C/S(F)(F)(F)(F)F)Oc1ccc([N+](=O)[O-])cc1. The number of carbonyl (C=O) groups is 1. The number of non-ortho nitro benzene ring substituents is 1. The Balaban J connectivity index is 2.51. The quantitative estimate of drug-likeness (QED) is 0.248. The second-order valence-electron chi connectivity index (χ2n) is 3.81. The van der Waals surface area contributed by atoms with Crippen molar-refractivity contribution in [3.63, 3.8) is 0 Å². The lowest BCUT2D eigenvalue weighted by Gasteiger charge is -2.36. The van der Waals surface area contributed by atoms with Crippen molar-refractivity contribution in [3.05, 3.63) is 45.9 Å². The number of nitro groups is 1. The molecule has 0 bridgehead atoms. The number of hydrogen-bond donors (Lipinski definition) is 0. The topological polar surface area (TPSA) is 78.7 Å². The summed E-state index contributed by atoms with van der Waals surface area (Å²) < 4.78 is 67.9. The highest BCUT2D eigenvalue weighted by atomic mass is 32.5. The van der Waals surface area contributed by atoms with Gasteiger partial charge in [-0.25, -0.2) is 4.79 Å². The summed E-state index contributed by atoms with van der Waals surface area (Å²) in [4.78, 5) is 20.7. The Labute approximate surface area is 120 Å². The third-order valence-corrected chi connectivity index (χ3v) is 2.61. The summed E-state index contributed by atoms with van der Waals surface area (Å²) in [7, 11) is -9.69. The van der Waals surface area contributed by atoms with E-state index in [9.17, 15) is 34.3 Å². The molecule has 1 aromatic rings. The van der Waals surface area contributed by atoms with Crippen molar-refractivity contribution in [2.24, 2.45) is 0 Å². The van der Waals surface area contributed by atoms with Crippen LogP contribution in [0.15, 0.2) is 35.7 Å². The summed E-state index contributed by atoms with van der Waals surface area (Å²) in [6.45, 7) is -1.09. The molecule has 0 aliphatic carbocycles. The van der Waals surface area contributed by atoms with Crippen LogP contribution in [0.25, 0.3) is 0 Å². The predicted octanol–water partition coefficient (Wildman–Crippen LogP) is 4.92. The monoisotopic (exact) mass is 349 g/mol. The summed E-state index contributed by atoms with van der Waals surface area (Å²) >= 11 is 0. The fourth-order valence-corrected chi connectivity index (χ4v) is 1.54. The van der Waals surface area contributed by atoms with Gasteiger partial charge in [-0.2, -0.15) is 0 Å². The molecule has 1 rings (SSSR count). The first-order chi connectivity index (χ1) is 9.75. The van der Waals surface area contributed by atoms with E-state index in [2.05, 4.69) is 9.47 Å². The minimum absolute atomic E-state index is 0.0708. The molecule has 0 unspecified atom stereocenters. The van der Waals surface area contributed by atoms with E-state index in [4.69, 9.17) is 0 Å². The zero-order chi connectivity index (χ0) is 17.1. The van der Waals surface area contributed by atoms with Crippen molar-refractivity contribution in [1.82, 2.24) is 0 Å². The average Bonchev–Trinajstić information content (AvgIpc) is 2.33. The Morgan fingerprint density at radius 2 is 1.73 bits per heavy atom. The summed E-state index contributed by atoms with van der Waals surface area (Å²) in [5.41, 5.74) is -0.278. The van der Waals surface area contributed by atoms with Crippen molar-refractivity contribution in [1.29, 1.82) is 0 Å². The van der Waals surface area contributed by atoms with Gasteiger partial charge < -0.3 is 9.47 Å². The second-order valence-corrected chi connectivity index (χ2v) is 6.14. The van der Waals surface area contributed by atoms with Crippen molar-refractivity contribution >= 4 is 22.1 Å². The number of nitro benzene ring substituents is 1. The molecule has 0 aliphatic rings. The number of hydrogen-bond acceptors (Lipinski definition) is 5. The maximum absolute atomic E-state index is 11.9. The van der Waals surface area contributed by atoms with E-state index >= 15 is 0 Å². The fraction of sp³-hybridized carbons (Fsp3) is 0.100. The van der Waals surface area contributed by atoms with Gasteiger partial charge in [0.15, 0.2) is 0 Å². The van der Waals surface area contributed by atoms with Crippen LogP contribution < -0.4 is 4.74 Å². The molecule has 0 fully saturated rings. The van der Waals surface area contributed by atoms with Gasteiger partial charge in [-0.3, -0.25) is 10.1 Å². The number of benzene rings is 1. The van der Waals surface area contributed by atoms with Crippen LogP contribution in [0, 0.1) is 10.1 Å². The van der Waals surface area contributed by atoms with Crippen molar-refractivity contribution < 1.29 is 38.6 Å². The van der Waals surface area contributed by atoms with Gasteiger partial charge in [-0.05, 0) is 18.2 Å². The van der Waals surface area contributed by atoms with E-state index in [1.165, 1.54) is 0 Å². The lowest BCUT2D eigenvalue weighted by Crippen LogP contribution is -2.11. The van der Waals surface area contributed by atoms with Gasteiger partial charge >= 0.3 is 16.4 Å². The maximum atomic E-state index is 11.9. The minimum Gasteiger partial charge on any atom is -0.430 e. The van der Waals surface area contributed by atoms with Crippen molar-refractivity contribution in [2.75, 3.05) is 6.61 Å². The number of ether oxygens (including phenoxy) is 2. The molecule has 0 spiro atoms. The first kappa shape index (κ1) is 17.7. The highest BCUT2D eigenvalue weighted by molar-refractivity contribution is 8.48. The summed E-state index contributed by atoms with van der Waals surface area (Å²) in [6, 6.07) is 4.11. The number of rotatable bonds is 5. The maximum Gasteiger partial charge on any atom is 0.514 e. The summed E-state index contributed by atoms with van der Waals surface area (Å²) in [5.74, 6) is -0.174. The molecule has 6 nitrogen and oxygen atoms in total. The molecule has 0 aliphatic heterocycles. The largest absolute Gasteiger partial charge is 0.514 e. The summed E-state index contributed by atoms with van der Waals surface area (Å²) in [6.07, 6.45) is -1.53. The Morgan fingerprint density at radius 3 is 2.18 bits per heavy atom. The molecule has 1 aromatic carbocycles. The normalized spacial score (nSPS) is 15.0. The van der Waals surface area contributed by atoms with E-state index in [-0.39, 0.29) is 17.5 Å². The van der Waals surface area contributed by atoms with Crippen LogP contribution in [0.4, 0.5) is 29.9 Å². The van der Waals surface area contributed by atoms with E-state index in [1.807, 2.05) is 0 Å². The van der Waals surface area contributed by atoms with Crippen LogP contribution in [-0.2, 0) is 4.74 Å². The van der Waals surface area contributed by atoms with Crippen LogP contribution in [0.5, 0.6) is 5.75 Å². The van der Waals surface area contributed by atoms with Gasteiger partial charge in [-0.1, -0.05) is 19.4 Å². The molecule has 22 heavy (non-hydrogen) atoms. The Kier molecular flexibility index (Phi) is 4.11. The van der Waals surface area contributed by atoms with E-state index in [0.717, 1.165) is 24.3 Å². The molecule has 0 N–H and O–H groups in total. The highest BCUT2D eigenvalue weighted by Crippen LogP contribution is 2.98. The van der Waals surface area contributed by atoms with Gasteiger partial charge in [0, 0.05) is 12.1 Å². The minimum atomic E-state index is -9.69. The lowest BCUT2D eigenvalue weighted by atomic mass is 10.3. The zero-order valence-corrected chi connectivity index (χ0v) is 11.3. The van der Waals surface area contributed by atoms with Gasteiger partial charge in [0.1, 0.15) is 12.4 Å². The van der Waals surface area contributed by atoms with E-state index < -0.39 is 33.3 Å². The molecule has 0 atom stereocenters. The molecular formula is C10H8F5NO5S. The third-order valence-electron chi connectivity index (χ3n) is 1.90. The molecule has 0 saturated carbocycles. The van der Waals surface area contributed by atoms with E-state index in [1.54, 1.807) is 0 Å². The molecule has 12 heteroatoms. The smallest absolute Gasteiger partial charge is 0.430 e. The Morgan fingerprint density at radius 1 is 1.18 bits per heavy atom. The predicted molar refractivity (Wildman–Crippen MR) is 67.3 cm³/mol. The third kappa shape index (κ3) is 7.42. The van der Waals surface area contributed by atoms with Gasteiger partial charge in [0.05, 0.1) is 10.3 Å². The molecule has 0 radical (unpaired) electrons. The fourth-order valence-electron chi connectivity index (χ4n) is 1.10. The summed E-state index contributed by atoms with van der Waals surface area (Å²) in [5, 5.41) is 9.11. The standard InChI is InChI=1S/C10H8F5NO5S/c11-22(12,13,14,15)7-1-6-20-10(17)21-9-4-2-8(3-5-9)16(18)19/h1-5,7H,6H2/b7-1+. The average molecular weight is 349 g/mol. The lowest BCUT2D eigenvalue weighted by molar-refractivity contribution is -0.384. The number of halogens is 5. The van der Waals surface area contributed by atoms with Crippen LogP contribution in [0.1, 0.15) is 0 Å². The Bertz CT molecular complexity index is 613. The highest BCUT2D eigenvalue weighted by Gasteiger charge is 2.60. The number of carbonyl (C=O) groups excluding carboxylic acids is 1. The van der Waals surface area contributed by atoms with Gasteiger partial charge in [0.25, 0.3) is 5.69 Å². The Hall–Kier alpha value is -2.37. The van der Waals surface area contributed by atoms with Crippen LogP contribution in [0.3, 0.4) is 0 Å². The molecular weight excluding hydrogens is 341 g/mol. The van der Waals surface area contributed by atoms with E-state index in [0.29, 0.717) is 0 Å². The first-order valence-corrected chi connectivity index (χ1v) is 7.28. The molecule has 0 amide bonds. The number of nitrogens with zero attached hydrogens (tertiary/aromatic N) is 1. The van der Waals surface area contributed by atoms with Crippen LogP contribution in [-0.4, -0.2) is 17.7 Å².